The molecule has 0 aliphatic heterocycles. The summed E-state index contributed by atoms with van der Waals surface area (Å²) in [5.74, 6) is 0.713. The van der Waals surface area contributed by atoms with E-state index in [0.717, 1.165) is 104 Å². The Morgan fingerprint density at radius 1 is 0.952 bits per heavy atom. The van der Waals surface area contributed by atoms with E-state index < -0.39 is 0 Å². The van der Waals surface area contributed by atoms with Gasteiger partial charge in [-0.15, -0.1) is 0 Å². The van der Waals surface area contributed by atoms with Crippen LogP contribution in [0.15, 0.2) is 72.8 Å². The van der Waals surface area contributed by atoms with Gasteiger partial charge in [0.15, 0.2) is 5.78 Å². The second-order valence-corrected chi connectivity index (χ2v) is 10.8. The molecule has 6 nitrogen and oxygen atoms in total. The number of nitrogens with zero attached hydrogens (tertiary/aromatic N) is 1. The van der Waals surface area contributed by atoms with Gasteiger partial charge >= 0.3 is 5.97 Å². The maximum atomic E-state index is 12.4. The molecule has 0 saturated heterocycles. The molecule has 0 saturated carbocycles. The smallest absolute Gasteiger partial charge is 0.310 e. The van der Waals surface area contributed by atoms with Crippen LogP contribution in [0, 0.1) is 0 Å². The van der Waals surface area contributed by atoms with Gasteiger partial charge in [0.1, 0.15) is 12.4 Å². The molecule has 0 aliphatic rings. The van der Waals surface area contributed by atoms with Crippen LogP contribution >= 0.6 is 0 Å². The van der Waals surface area contributed by atoms with Crippen molar-refractivity contribution in [2.45, 2.75) is 84.6 Å². The van der Waals surface area contributed by atoms with Crippen LogP contribution in [-0.4, -0.2) is 36.6 Å². The molecular weight excluding hydrogens is 524 g/mol. The highest BCUT2D eigenvalue weighted by Gasteiger charge is 2.13. The van der Waals surface area contributed by atoms with Gasteiger partial charge in [-0.2, -0.15) is 0 Å². The van der Waals surface area contributed by atoms with Crippen molar-refractivity contribution in [2.75, 3.05) is 25.6 Å². The molecule has 3 rings (SSSR count). The second-order valence-electron chi connectivity index (χ2n) is 10.8. The lowest BCUT2D eigenvalue weighted by molar-refractivity contribution is -0.142. The molecular formula is C36H48N2O4. The van der Waals surface area contributed by atoms with E-state index in [9.17, 15) is 9.59 Å². The van der Waals surface area contributed by atoms with Gasteiger partial charge < -0.3 is 19.4 Å². The molecule has 0 spiro atoms. The van der Waals surface area contributed by atoms with Gasteiger partial charge in [0.05, 0.1) is 18.7 Å². The lowest BCUT2D eigenvalue weighted by Crippen LogP contribution is -2.09. The molecule has 0 aliphatic carbocycles. The van der Waals surface area contributed by atoms with E-state index in [1.54, 1.807) is 6.92 Å². The van der Waals surface area contributed by atoms with E-state index in [0.29, 0.717) is 19.6 Å². The van der Waals surface area contributed by atoms with Gasteiger partial charge in [0.25, 0.3) is 0 Å². The number of carbonyl (C=O) groups is 2. The van der Waals surface area contributed by atoms with Crippen molar-refractivity contribution in [2.24, 2.45) is 0 Å². The van der Waals surface area contributed by atoms with Gasteiger partial charge in [-0.1, -0.05) is 76.3 Å². The minimum atomic E-state index is -0.167. The number of fused-ring (bicyclic) bond motifs is 1. The summed E-state index contributed by atoms with van der Waals surface area (Å²) in [7, 11) is 1.87. The number of ether oxygens (including phenoxy) is 2. The molecule has 0 unspecified atom stereocenters. The molecule has 0 amide bonds. The van der Waals surface area contributed by atoms with Crippen LogP contribution in [0.4, 0.5) is 5.69 Å². The average Bonchev–Trinajstić information content (AvgIpc) is 3.36. The Kier molecular flexibility index (Phi) is 13.9. The van der Waals surface area contributed by atoms with E-state index in [2.05, 4.69) is 35.5 Å². The van der Waals surface area contributed by atoms with E-state index in [-0.39, 0.29) is 11.8 Å². The highest BCUT2D eigenvalue weighted by Crippen LogP contribution is 2.26. The van der Waals surface area contributed by atoms with E-state index in [1.165, 1.54) is 0 Å². The van der Waals surface area contributed by atoms with Gasteiger partial charge in [0, 0.05) is 37.1 Å². The van der Waals surface area contributed by atoms with Gasteiger partial charge in [-0.05, 0) is 66.8 Å². The van der Waals surface area contributed by atoms with E-state index in [1.807, 2.05) is 55.6 Å². The Morgan fingerprint density at radius 2 is 1.67 bits per heavy atom. The first-order valence-corrected chi connectivity index (χ1v) is 15.5. The molecule has 1 heterocycles. The minimum Gasteiger partial charge on any atom is -0.489 e. The quantitative estimate of drug-likeness (QED) is 0.0635. The largest absolute Gasteiger partial charge is 0.489 e. The summed E-state index contributed by atoms with van der Waals surface area (Å²) in [5.41, 5.74) is 4.91. The lowest BCUT2D eigenvalue weighted by Gasteiger charge is -2.10. The molecule has 0 bridgehead atoms. The molecule has 1 aromatic heterocycles. The molecule has 0 radical (unpaired) electrons. The summed E-state index contributed by atoms with van der Waals surface area (Å²) < 4.78 is 13.6. The van der Waals surface area contributed by atoms with Crippen molar-refractivity contribution in [3.8, 4) is 5.75 Å². The lowest BCUT2D eigenvalue weighted by atomic mass is 10.1. The number of unbranched alkanes of at least 4 members (excludes halogenated alkanes) is 7. The zero-order valence-electron chi connectivity index (χ0n) is 25.8. The molecule has 2 aromatic carbocycles. The van der Waals surface area contributed by atoms with Crippen LogP contribution in [0.25, 0.3) is 10.9 Å². The number of anilines is 1. The number of aryl methyl sites for hydroxylation is 1. The van der Waals surface area contributed by atoms with Crippen molar-refractivity contribution in [3.05, 3.63) is 84.1 Å². The molecule has 6 heteroatoms. The first-order valence-electron chi connectivity index (χ1n) is 15.5. The number of benzene rings is 2. The highest BCUT2D eigenvalue weighted by molar-refractivity contribution is 5.99. The van der Waals surface area contributed by atoms with Crippen LogP contribution in [0.3, 0.4) is 0 Å². The summed E-state index contributed by atoms with van der Waals surface area (Å²) >= 11 is 0. The van der Waals surface area contributed by atoms with E-state index >= 15 is 0 Å². The third kappa shape index (κ3) is 10.6. The maximum absolute atomic E-state index is 12.4. The maximum Gasteiger partial charge on any atom is 0.310 e. The number of aromatic nitrogens is 1. The minimum absolute atomic E-state index is 0.0810. The normalized spacial score (nSPS) is 11.5. The van der Waals surface area contributed by atoms with Crippen molar-refractivity contribution in [1.82, 2.24) is 4.57 Å². The predicted octanol–water partition coefficient (Wildman–Crippen LogP) is 8.69. The fourth-order valence-corrected chi connectivity index (χ4v) is 5.02. The summed E-state index contributed by atoms with van der Waals surface area (Å²) in [6.45, 7) is 9.48. The number of nitrogens with one attached hydrogen (secondary N) is 1. The number of esters is 1. The van der Waals surface area contributed by atoms with Crippen molar-refractivity contribution < 1.29 is 19.1 Å². The third-order valence-electron chi connectivity index (χ3n) is 7.48. The van der Waals surface area contributed by atoms with Crippen LogP contribution in [-0.2, 0) is 22.5 Å². The van der Waals surface area contributed by atoms with Gasteiger partial charge in [-0.25, -0.2) is 0 Å². The topological polar surface area (TPSA) is 69.6 Å². The van der Waals surface area contributed by atoms with Gasteiger partial charge in [-0.3, -0.25) is 9.59 Å². The average molecular weight is 573 g/mol. The van der Waals surface area contributed by atoms with Gasteiger partial charge in [0.2, 0.25) is 0 Å². The Hall–Kier alpha value is -3.80. The van der Waals surface area contributed by atoms with Crippen molar-refractivity contribution in [3.63, 3.8) is 0 Å². The molecule has 0 atom stereocenters. The fraction of sp³-hybridized carbons (Fsp3) is 0.444. The number of Topliss-reactive ketones (excluding diaryl/α,β-unsaturated/α-hetero) is 1. The molecule has 226 valence electrons. The zero-order chi connectivity index (χ0) is 30.2. The zero-order valence-corrected chi connectivity index (χ0v) is 25.8. The summed E-state index contributed by atoms with van der Waals surface area (Å²) in [4.78, 5) is 24.4. The number of rotatable bonds is 20. The summed E-state index contributed by atoms with van der Waals surface area (Å²) in [6.07, 6.45) is 14.0. The Labute approximate surface area is 251 Å². The third-order valence-corrected chi connectivity index (χ3v) is 7.48. The summed E-state index contributed by atoms with van der Waals surface area (Å²) in [5, 5.41) is 4.10. The van der Waals surface area contributed by atoms with Crippen LogP contribution in [0.2, 0.25) is 0 Å². The Bertz CT molecular complexity index is 1320. The van der Waals surface area contributed by atoms with Crippen LogP contribution < -0.4 is 10.1 Å². The number of hydrogen-bond acceptors (Lipinski definition) is 5. The highest BCUT2D eigenvalue weighted by atomic mass is 16.5. The summed E-state index contributed by atoms with van der Waals surface area (Å²) in [6, 6.07) is 15.9. The standard InChI is InChI=1S/C36H48N2O4/c1-5-7-15-29(6-2)27-42-33-20-21-34-31(25-33)26-35(28(3)39)38(34)22-13-11-9-8-10-12-14-23-41-36(40)24-30-16-18-32(37-4)19-17-30/h6,15-21,25-26,37H,2,5,7-14,22-24,27H2,1,3-4H3/b29-15+. The molecule has 3 aromatic rings. The first kappa shape index (κ1) is 32.7. The second kappa shape index (κ2) is 17.9. The predicted molar refractivity (Wildman–Crippen MR) is 174 cm³/mol. The SMILES string of the molecule is C=C/C(=C\CCC)COc1ccc2c(c1)cc(C(C)=O)n2CCCCCCCCCOC(=O)Cc1ccc(NC)cc1. The fourth-order valence-electron chi connectivity index (χ4n) is 5.02. The number of hydrogen-bond donors (Lipinski definition) is 1. The Morgan fingerprint density at radius 3 is 2.33 bits per heavy atom. The number of ketones is 1. The first-order chi connectivity index (χ1) is 20.4. The van der Waals surface area contributed by atoms with E-state index in [4.69, 9.17) is 9.47 Å². The Balaban J connectivity index is 1.35. The van der Waals surface area contributed by atoms with Crippen LogP contribution in [0.1, 0.15) is 87.7 Å². The molecule has 42 heavy (non-hydrogen) atoms. The van der Waals surface area contributed by atoms with Crippen LogP contribution in [0.5, 0.6) is 5.75 Å². The van der Waals surface area contributed by atoms with Crippen molar-refractivity contribution >= 4 is 28.3 Å². The van der Waals surface area contributed by atoms with Crippen molar-refractivity contribution in [1.29, 1.82) is 0 Å². The molecule has 1 N–H and O–H groups in total. The number of carbonyl (C=O) groups excluding carboxylic acids is 2. The monoisotopic (exact) mass is 572 g/mol. The molecule has 0 fully saturated rings. The number of allylic oxidation sites excluding steroid dienone is 1.